The van der Waals surface area contributed by atoms with E-state index in [1.807, 2.05) is 11.0 Å². The zero-order chi connectivity index (χ0) is 17.1. The molecule has 3 rings (SSSR count). The highest BCUT2D eigenvalue weighted by Crippen LogP contribution is 2.32. The van der Waals surface area contributed by atoms with Gasteiger partial charge in [0.15, 0.2) is 0 Å². The lowest BCUT2D eigenvalue weighted by Crippen LogP contribution is -2.35. The number of aromatic nitrogens is 2. The van der Waals surface area contributed by atoms with Crippen LogP contribution >= 0.6 is 0 Å². The molecule has 6 heteroatoms. The van der Waals surface area contributed by atoms with Crippen LogP contribution in [0.5, 0.6) is 0 Å². The molecule has 1 aliphatic heterocycles. The van der Waals surface area contributed by atoms with Crippen LogP contribution in [0.1, 0.15) is 53.3 Å². The van der Waals surface area contributed by atoms with Crippen LogP contribution in [-0.2, 0) is 0 Å². The third kappa shape index (κ3) is 3.37. The molecule has 0 spiro atoms. The van der Waals surface area contributed by atoms with Gasteiger partial charge in [-0.05, 0) is 37.5 Å². The van der Waals surface area contributed by atoms with Gasteiger partial charge in [-0.25, -0.2) is 14.4 Å². The zero-order valence-electron chi connectivity index (χ0n) is 13.7. The molecule has 1 amide bonds. The molecule has 5 nitrogen and oxygen atoms in total. The Bertz CT molecular complexity index is 750. The summed E-state index contributed by atoms with van der Waals surface area (Å²) in [5.74, 6) is -0.249. The lowest BCUT2D eigenvalue weighted by atomic mass is 10.00. The molecule has 1 aromatic heterocycles. The fraction of sp³-hybridized carbons (Fsp3) is 0.389. The summed E-state index contributed by atoms with van der Waals surface area (Å²) in [5, 5.41) is 0. The van der Waals surface area contributed by atoms with E-state index >= 15 is 0 Å². The number of nitrogen functional groups attached to an aromatic ring is 1. The van der Waals surface area contributed by atoms with Crippen LogP contribution in [0.25, 0.3) is 0 Å². The normalized spacial score (nSPS) is 18.2. The minimum Gasteiger partial charge on any atom is -0.368 e. The van der Waals surface area contributed by atoms with Crippen molar-refractivity contribution in [1.82, 2.24) is 14.9 Å². The molecular weight excluding hydrogens is 307 g/mol. The van der Waals surface area contributed by atoms with Gasteiger partial charge in [-0.2, -0.15) is 0 Å². The molecule has 1 saturated heterocycles. The predicted octanol–water partition coefficient (Wildman–Crippen LogP) is 3.26. The highest BCUT2D eigenvalue weighted by Gasteiger charge is 2.29. The summed E-state index contributed by atoms with van der Waals surface area (Å²) in [6.45, 7) is 2.39. The lowest BCUT2D eigenvalue weighted by molar-refractivity contribution is 0.0679. The molecule has 1 unspecified atom stereocenters. The van der Waals surface area contributed by atoms with Gasteiger partial charge in [-0.1, -0.05) is 25.0 Å². The Kier molecular flexibility index (Phi) is 4.74. The van der Waals surface area contributed by atoms with Gasteiger partial charge in [0.25, 0.3) is 5.91 Å². The molecule has 1 fully saturated rings. The van der Waals surface area contributed by atoms with E-state index in [4.69, 9.17) is 5.73 Å². The number of hydrogen-bond donors (Lipinski definition) is 1. The molecule has 0 bridgehead atoms. The number of amides is 1. The molecular formula is C18H21FN4O. The molecule has 24 heavy (non-hydrogen) atoms. The first-order chi connectivity index (χ1) is 11.6. The van der Waals surface area contributed by atoms with Crippen LogP contribution in [0.2, 0.25) is 0 Å². The monoisotopic (exact) mass is 328 g/mol. The number of benzene rings is 1. The second-order valence-corrected chi connectivity index (χ2v) is 6.15. The standard InChI is InChI=1S/C18H21FN4O/c1-12-15(11-21-18(20)22-12)17(24)23-9-4-2-3-8-16(23)13-6-5-7-14(19)10-13/h5-7,10-11,16H,2-4,8-9H2,1H3,(H2,20,21,22). The molecule has 2 heterocycles. The average Bonchev–Trinajstić information content (AvgIpc) is 2.80. The smallest absolute Gasteiger partial charge is 0.257 e. The van der Waals surface area contributed by atoms with Crippen LogP contribution in [-0.4, -0.2) is 27.3 Å². The molecule has 1 aliphatic rings. The summed E-state index contributed by atoms with van der Waals surface area (Å²) >= 11 is 0. The van der Waals surface area contributed by atoms with Crippen LogP contribution in [0.15, 0.2) is 30.5 Å². The third-order valence-corrected chi connectivity index (χ3v) is 4.48. The first-order valence-corrected chi connectivity index (χ1v) is 8.22. The van der Waals surface area contributed by atoms with Gasteiger partial charge in [0.2, 0.25) is 5.95 Å². The van der Waals surface area contributed by atoms with Crippen LogP contribution in [0.3, 0.4) is 0 Å². The van der Waals surface area contributed by atoms with E-state index in [0.29, 0.717) is 17.8 Å². The second-order valence-electron chi connectivity index (χ2n) is 6.15. The summed E-state index contributed by atoms with van der Waals surface area (Å²) in [6.07, 6.45) is 5.32. The number of nitrogens with zero attached hydrogens (tertiary/aromatic N) is 3. The second kappa shape index (κ2) is 6.95. The van der Waals surface area contributed by atoms with Crippen molar-refractivity contribution in [2.24, 2.45) is 0 Å². The minimum atomic E-state index is -0.281. The fourth-order valence-electron chi connectivity index (χ4n) is 3.26. The number of rotatable bonds is 2. The maximum absolute atomic E-state index is 13.6. The van der Waals surface area contributed by atoms with Crippen molar-refractivity contribution in [1.29, 1.82) is 0 Å². The van der Waals surface area contributed by atoms with Gasteiger partial charge in [0.1, 0.15) is 5.82 Å². The van der Waals surface area contributed by atoms with E-state index in [-0.39, 0.29) is 23.7 Å². The first kappa shape index (κ1) is 16.4. The fourth-order valence-corrected chi connectivity index (χ4v) is 3.26. The van der Waals surface area contributed by atoms with Crippen LogP contribution < -0.4 is 5.73 Å². The van der Waals surface area contributed by atoms with Gasteiger partial charge in [0, 0.05) is 12.7 Å². The number of likely N-dealkylation sites (tertiary alicyclic amines) is 1. The van der Waals surface area contributed by atoms with E-state index in [1.165, 1.54) is 18.3 Å². The first-order valence-electron chi connectivity index (χ1n) is 8.22. The number of halogens is 1. The Morgan fingerprint density at radius 3 is 2.92 bits per heavy atom. The van der Waals surface area contributed by atoms with Gasteiger partial charge >= 0.3 is 0 Å². The average molecular weight is 328 g/mol. The summed E-state index contributed by atoms with van der Waals surface area (Å²) in [6, 6.07) is 6.38. The van der Waals surface area contributed by atoms with Crippen molar-refractivity contribution in [2.45, 2.75) is 38.6 Å². The minimum absolute atomic E-state index is 0.122. The molecule has 1 atom stereocenters. The number of nitrogens with two attached hydrogens (primary N) is 1. The highest BCUT2D eigenvalue weighted by atomic mass is 19.1. The lowest BCUT2D eigenvalue weighted by Gasteiger charge is -2.31. The Morgan fingerprint density at radius 1 is 1.33 bits per heavy atom. The van der Waals surface area contributed by atoms with Gasteiger partial charge in [0.05, 0.1) is 17.3 Å². The molecule has 2 aromatic rings. The SMILES string of the molecule is Cc1nc(N)ncc1C(=O)N1CCCCCC1c1cccc(F)c1. The van der Waals surface area contributed by atoms with E-state index < -0.39 is 0 Å². The Labute approximate surface area is 140 Å². The van der Waals surface area contributed by atoms with E-state index in [1.54, 1.807) is 13.0 Å². The topological polar surface area (TPSA) is 72.1 Å². The quantitative estimate of drug-likeness (QED) is 0.918. The number of anilines is 1. The molecule has 0 saturated carbocycles. The zero-order valence-corrected chi connectivity index (χ0v) is 13.7. The number of aryl methyl sites for hydroxylation is 1. The van der Waals surface area contributed by atoms with Crippen LogP contribution in [0.4, 0.5) is 10.3 Å². The largest absolute Gasteiger partial charge is 0.368 e. The maximum Gasteiger partial charge on any atom is 0.257 e. The molecule has 1 aromatic carbocycles. The molecule has 2 N–H and O–H groups in total. The van der Waals surface area contributed by atoms with Gasteiger partial charge in [-0.3, -0.25) is 4.79 Å². The number of carbonyl (C=O) groups excluding carboxylic acids is 1. The van der Waals surface area contributed by atoms with E-state index in [9.17, 15) is 9.18 Å². The van der Waals surface area contributed by atoms with E-state index in [0.717, 1.165) is 31.2 Å². The van der Waals surface area contributed by atoms with Gasteiger partial charge in [-0.15, -0.1) is 0 Å². The highest BCUT2D eigenvalue weighted by molar-refractivity contribution is 5.95. The summed E-state index contributed by atoms with van der Waals surface area (Å²) in [7, 11) is 0. The van der Waals surface area contributed by atoms with Crippen molar-refractivity contribution in [2.75, 3.05) is 12.3 Å². The van der Waals surface area contributed by atoms with Crippen molar-refractivity contribution in [3.63, 3.8) is 0 Å². The van der Waals surface area contributed by atoms with Crippen molar-refractivity contribution in [3.8, 4) is 0 Å². The number of carbonyl (C=O) groups is 1. The Hall–Kier alpha value is -2.50. The van der Waals surface area contributed by atoms with Crippen molar-refractivity contribution >= 4 is 11.9 Å². The van der Waals surface area contributed by atoms with Gasteiger partial charge < -0.3 is 10.6 Å². The Balaban J connectivity index is 1.96. The van der Waals surface area contributed by atoms with Crippen LogP contribution in [0, 0.1) is 12.7 Å². The molecule has 126 valence electrons. The summed E-state index contributed by atoms with van der Waals surface area (Å²) in [4.78, 5) is 22.9. The molecule has 0 aliphatic carbocycles. The summed E-state index contributed by atoms with van der Waals surface area (Å²) < 4.78 is 13.6. The van der Waals surface area contributed by atoms with Crippen molar-refractivity contribution in [3.05, 3.63) is 53.1 Å². The summed E-state index contributed by atoms with van der Waals surface area (Å²) in [5.41, 5.74) is 7.43. The van der Waals surface area contributed by atoms with E-state index in [2.05, 4.69) is 9.97 Å². The predicted molar refractivity (Wildman–Crippen MR) is 89.8 cm³/mol. The third-order valence-electron chi connectivity index (χ3n) is 4.48. The Morgan fingerprint density at radius 2 is 2.17 bits per heavy atom. The molecule has 0 radical (unpaired) electrons. The maximum atomic E-state index is 13.6. The van der Waals surface area contributed by atoms with Crippen molar-refractivity contribution < 1.29 is 9.18 Å². The number of hydrogen-bond acceptors (Lipinski definition) is 4.